The summed E-state index contributed by atoms with van der Waals surface area (Å²) in [5.74, 6) is 0. The van der Waals surface area contributed by atoms with Crippen molar-refractivity contribution in [2.24, 2.45) is 0 Å². The Labute approximate surface area is 92.0 Å². The summed E-state index contributed by atoms with van der Waals surface area (Å²) in [6.07, 6.45) is 0. The molecular weight excluding hydrogens is 332 g/mol. The molecule has 0 rings (SSSR count). The molecule has 0 heterocycles. The molecule has 0 aliphatic heterocycles. The van der Waals surface area contributed by atoms with E-state index in [4.69, 9.17) is 0 Å². The van der Waals surface area contributed by atoms with Crippen LogP contribution in [0.15, 0.2) is 0 Å². The predicted octanol–water partition coefficient (Wildman–Crippen LogP) is 1.30. The molecule has 2 unspecified atom stereocenters. The first kappa shape index (κ1) is 15.4. The van der Waals surface area contributed by atoms with Gasteiger partial charge >= 0.3 is 91.8 Å². The molecular formula is C2F6O4S2Zn-. The Hall–Kier alpha value is 0.423. The first-order valence-corrected chi connectivity index (χ1v) is 7.36. The van der Waals surface area contributed by atoms with Crippen LogP contribution in [0.2, 0.25) is 0 Å². The number of hydrogen-bond acceptors (Lipinski definition) is 4. The van der Waals surface area contributed by atoms with E-state index >= 15 is 0 Å². The molecule has 0 aromatic heterocycles. The maximum atomic E-state index is 11.5. The first-order chi connectivity index (χ1) is 6.55. The second kappa shape index (κ2) is 5.66. The molecule has 13 heteroatoms. The van der Waals surface area contributed by atoms with Crippen LogP contribution >= 0.6 is 0 Å². The van der Waals surface area contributed by atoms with E-state index in [-0.39, 0.29) is 0 Å². The molecule has 4 nitrogen and oxygen atoms in total. The molecule has 0 amide bonds. The van der Waals surface area contributed by atoms with Crippen LogP contribution in [-0.4, -0.2) is 19.4 Å². The fourth-order valence-corrected chi connectivity index (χ4v) is 4.36. The normalized spacial score (nSPS) is 16.9. The van der Waals surface area contributed by atoms with Crippen LogP contribution in [0.1, 0.15) is 0 Å². The van der Waals surface area contributed by atoms with E-state index in [0.717, 1.165) is 0 Å². The summed E-state index contributed by atoms with van der Waals surface area (Å²) < 4.78 is 95.8. The Kier molecular flexibility index (Phi) is 5.82. The zero-order valence-corrected chi connectivity index (χ0v) is 11.0. The molecule has 0 aromatic rings. The van der Waals surface area contributed by atoms with Gasteiger partial charge in [-0.2, -0.15) is 0 Å². The van der Waals surface area contributed by atoms with E-state index < -0.39 is 51.0 Å². The van der Waals surface area contributed by atoms with Gasteiger partial charge in [-0.1, -0.05) is 0 Å². The van der Waals surface area contributed by atoms with Crippen molar-refractivity contribution in [2.75, 3.05) is 0 Å². The Morgan fingerprint density at radius 1 is 0.800 bits per heavy atom. The average molecular weight is 332 g/mol. The minimum atomic E-state index is -5.19. The van der Waals surface area contributed by atoms with Gasteiger partial charge < -0.3 is 0 Å². The van der Waals surface area contributed by atoms with Crippen molar-refractivity contribution in [1.82, 2.24) is 0 Å². The van der Waals surface area contributed by atoms with Gasteiger partial charge in [-0.05, 0) is 0 Å². The van der Waals surface area contributed by atoms with Crippen molar-refractivity contribution in [3.8, 4) is 0 Å². The zero-order valence-electron chi connectivity index (χ0n) is 6.42. The average Bonchev–Trinajstić information content (AvgIpc) is 2.00. The summed E-state index contributed by atoms with van der Waals surface area (Å²) >= 11 is -10.8. The maximum absolute atomic E-state index is 11.5. The fourth-order valence-electron chi connectivity index (χ4n) is 0.241. The van der Waals surface area contributed by atoms with Crippen LogP contribution < -0.4 is 0 Å². The number of alkyl halides is 6. The monoisotopic (exact) mass is 330 g/mol. The number of halogens is 6. The summed E-state index contributed by atoms with van der Waals surface area (Å²) in [5.41, 5.74) is -10.4. The van der Waals surface area contributed by atoms with Crippen molar-refractivity contribution in [1.29, 1.82) is 0 Å². The van der Waals surface area contributed by atoms with Gasteiger partial charge in [0, 0.05) is 0 Å². The summed E-state index contributed by atoms with van der Waals surface area (Å²) in [6.45, 7) is 0. The Bertz CT molecular complexity index is 235. The molecule has 0 radical (unpaired) electrons. The van der Waals surface area contributed by atoms with Crippen LogP contribution in [0.4, 0.5) is 26.3 Å². The molecule has 0 aliphatic rings. The van der Waals surface area contributed by atoms with E-state index in [0.29, 0.717) is 0 Å². The van der Waals surface area contributed by atoms with E-state index in [1.807, 2.05) is 0 Å². The quantitative estimate of drug-likeness (QED) is 0.575. The number of hydrogen-bond donors (Lipinski definition) is 0. The Morgan fingerprint density at radius 3 is 1.27 bits per heavy atom. The summed E-state index contributed by atoms with van der Waals surface area (Å²) in [7, 11) is 0. The van der Waals surface area contributed by atoms with E-state index in [9.17, 15) is 34.8 Å². The van der Waals surface area contributed by atoms with E-state index in [1.165, 1.54) is 0 Å². The molecule has 15 heavy (non-hydrogen) atoms. The Balaban J connectivity index is 3.92. The van der Waals surface area contributed by atoms with Crippen LogP contribution in [0, 0.1) is 0 Å². The SMILES string of the molecule is O=S([O][Zn-][O]S(=O)C(F)(F)F)C(F)(F)F. The summed E-state index contributed by atoms with van der Waals surface area (Å²) in [5, 5.41) is 0. The minimum absolute atomic E-state index is 3.31. The predicted molar refractivity (Wildman–Crippen MR) is 30.6 cm³/mol. The second-order valence-corrected chi connectivity index (χ2v) is 7.51. The zero-order chi connectivity index (χ0) is 12.3. The fraction of sp³-hybridized carbons (Fsp3) is 1.00. The van der Waals surface area contributed by atoms with Gasteiger partial charge in [0.2, 0.25) is 0 Å². The van der Waals surface area contributed by atoms with Crippen molar-refractivity contribution in [3.63, 3.8) is 0 Å². The van der Waals surface area contributed by atoms with Crippen molar-refractivity contribution in [2.45, 2.75) is 11.0 Å². The molecule has 89 valence electrons. The van der Waals surface area contributed by atoms with E-state index in [1.54, 1.807) is 0 Å². The Morgan fingerprint density at radius 2 is 1.07 bits per heavy atom. The standard InChI is InChI=1S/2CHF3O2S.Zn/c2*2-1(3,4)7(5)6;/h2*(H,5,6);/q;;+1/p-2. The molecule has 0 N–H and O–H groups in total. The molecule has 0 spiro atoms. The third kappa shape index (κ3) is 6.56. The van der Waals surface area contributed by atoms with Gasteiger partial charge in [-0.25, -0.2) is 0 Å². The van der Waals surface area contributed by atoms with Crippen molar-refractivity contribution >= 4 is 22.2 Å². The van der Waals surface area contributed by atoms with Gasteiger partial charge in [0.1, 0.15) is 0 Å². The third-order valence-electron chi connectivity index (χ3n) is 0.688. The molecule has 0 bridgehead atoms. The van der Waals surface area contributed by atoms with Crippen LogP contribution in [0.5, 0.6) is 0 Å². The number of rotatable bonds is 4. The third-order valence-corrected chi connectivity index (χ3v) is 5.97. The van der Waals surface area contributed by atoms with Crippen LogP contribution in [-0.2, 0) is 46.0 Å². The molecule has 0 saturated carbocycles. The van der Waals surface area contributed by atoms with E-state index in [2.05, 4.69) is 6.02 Å². The van der Waals surface area contributed by atoms with Gasteiger partial charge in [-0.15, -0.1) is 0 Å². The van der Waals surface area contributed by atoms with Crippen molar-refractivity contribution < 1.29 is 58.6 Å². The van der Waals surface area contributed by atoms with Gasteiger partial charge in [0.25, 0.3) is 0 Å². The summed E-state index contributed by atoms with van der Waals surface area (Å²) in [6, 6.07) is 0. The molecule has 2 atom stereocenters. The van der Waals surface area contributed by atoms with Gasteiger partial charge in [0.05, 0.1) is 0 Å². The van der Waals surface area contributed by atoms with Crippen LogP contribution in [0.25, 0.3) is 0 Å². The second-order valence-electron chi connectivity index (χ2n) is 1.71. The molecule has 0 aliphatic carbocycles. The molecule has 0 fully saturated rings. The topological polar surface area (TPSA) is 52.6 Å². The van der Waals surface area contributed by atoms with Crippen LogP contribution in [0.3, 0.4) is 0 Å². The first-order valence-electron chi connectivity index (χ1n) is 2.79. The van der Waals surface area contributed by atoms with Gasteiger partial charge in [0.15, 0.2) is 0 Å². The van der Waals surface area contributed by atoms with Crippen molar-refractivity contribution in [3.05, 3.63) is 0 Å². The summed E-state index contributed by atoms with van der Waals surface area (Å²) in [4.78, 5) is 0. The van der Waals surface area contributed by atoms with Gasteiger partial charge in [-0.3, -0.25) is 0 Å². The molecule has 0 saturated heterocycles. The molecule has 0 aromatic carbocycles.